The van der Waals surface area contributed by atoms with Crippen LogP contribution in [0.25, 0.3) is 10.9 Å². The molecule has 1 amide bonds. The molecule has 4 rings (SSSR count). The number of rotatable bonds is 5. The molecular formula is C22H16ClN3O3. The Morgan fingerprint density at radius 3 is 2.55 bits per heavy atom. The highest BCUT2D eigenvalue weighted by atomic mass is 35.5. The van der Waals surface area contributed by atoms with Crippen LogP contribution >= 0.6 is 11.6 Å². The SMILES string of the molecule is O=C(N=Nc1c(O)[nH]c2ccccc12)c1ccccc1OCc1ccc(Cl)cc1. The number of ether oxygens (including phenoxy) is 1. The number of nitrogens with zero attached hydrogens (tertiary/aromatic N) is 2. The summed E-state index contributed by atoms with van der Waals surface area (Å²) in [7, 11) is 0. The topological polar surface area (TPSA) is 87.0 Å². The van der Waals surface area contributed by atoms with Crippen molar-refractivity contribution in [2.24, 2.45) is 10.2 Å². The molecule has 0 atom stereocenters. The number of carbonyl (C=O) groups is 1. The van der Waals surface area contributed by atoms with Crippen molar-refractivity contribution < 1.29 is 14.6 Å². The summed E-state index contributed by atoms with van der Waals surface area (Å²) in [6, 6.07) is 21.3. The lowest BCUT2D eigenvalue weighted by atomic mass is 10.2. The first-order valence-corrected chi connectivity index (χ1v) is 9.21. The predicted octanol–water partition coefficient (Wildman–Crippen LogP) is 6.03. The van der Waals surface area contributed by atoms with Crippen LogP contribution in [-0.4, -0.2) is 16.0 Å². The molecule has 0 bridgehead atoms. The van der Waals surface area contributed by atoms with E-state index in [-0.39, 0.29) is 23.7 Å². The van der Waals surface area contributed by atoms with Crippen molar-refractivity contribution in [3.63, 3.8) is 0 Å². The predicted molar refractivity (Wildman–Crippen MR) is 111 cm³/mol. The third-order valence-corrected chi connectivity index (χ3v) is 4.58. The van der Waals surface area contributed by atoms with Crippen molar-refractivity contribution in [3.05, 3.63) is 88.9 Å². The summed E-state index contributed by atoms with van der Waals surface area (Å²) >= 11 is 5.89. The van der Waals surface area contributed by atoms with Crippen LogP contribution in [0.4, 0.5) is 5.69 Å². The van der Waals surface area contributed by atoms with E-state index in [2.05, 4.69) is 15.2 Å². The van der Waals surface area contributed by atoms with E-state index in [4.69, 9.17) is 16.3 Å². The first-order chi connectivity index (χ1) is 14.1. The summed E-state index contributed by atoms with van der Waals surface area (Å²) in [5.41, 5.74) is 2.12. The third-order valence-electron chi connectivity index (χ3n) is 4.33. The fourth-order valence-corrected chi connectivity index (χ4v) is 3.00. The first kappa shape index (κ1) is 18.7. The van der Waals surface area contributed by atoms with Crippen LogP contribution in [0.1, 0.15) is 15.9 Å². The molecule has 0 aliphatic rings. The van der Waals surface area contributed by atoms with Crippen molar-refractivity contribution in [2.45, 2.75) is 6.61 Å². The van der Waals surface area contributed by atoms with Gasteiger partial charge in [0.2, 0.25) is 5.88 Å². The number of benzene rings is 3. The summed E-state index contributed by atoms with van der Waals surface area (Å²) in [6.45, 7) is 0.280. The first-order valence-electron chi connectivity index (χ1n) is 8.84. The number of H-pyrrole nitrogens is 1. The minimum atomic E-state index is -0.568. The number of hydrogen-bond acceptors (Lipinski definition) is 4. The van der Waals surface area contributed by atoms with Crippen molar-refractivity contribution >= 4 is 34.1 Å². The molecule has 0 radical (unpaired) electrons. The Morgan fingerprint density at radius 2 is 1.72 bits per heavy atom. The Hall–Kier alpha value is -3.64. The van der Waals surface area contributed by atoms with Gasteiger partial charge < -0.3 is 14.8 Å². The van der Waals surface area contributed by atoms with Crippen LogP contribution in [0.3, 0.4) is 0 Å². The smallest absolute Gasteiger partial charge is 0.299 e. The van der Waals surface area contributed by atoms with E-state index >= 15 is 0 Å². The number of hydrogen-bond donors (Lipinski definition) is 2. The lowest BCUT2D eigenvalue weighted by molar-refractivity contribution is 0.0990. The van der Waals surface area contributed by atoms with Gasteiger partial charge in [0.05, 0.1) is 11.1 Å². The van der Waals surface area contributed by atoms with E-state index in [0.717, 1.165) is 5.56 Å². The van der Waals surface area contributed by atoms with Crippen molar-refractivity contribution in [1.29, 1.82) is 0 Å². The number of fused-ring (bicyclic) bond motifs is 1. The summed E-state index contributed by atoms with van der Waals surface area (Å²) in [6.07, 6.45) is 0. The normalized spacial score (nSPS) is 11.2. The van der Waals surface area contributed by atoms with Crippen LogP contribution < -0.4 is 4.74 Å². The molecule has 0 aliphatic heterocycles. The number of halogens is 1. The van der Waals surface area contributed by atoms with Gasteiger partial charge in [0.15, 0.2) is 5.69 Å². The van der Waals surface area contributed by atoms with Crippen LogP contribution in [0.5, 0.6) is 11.6 Å². The largest absolute Gasteiger partial charge is 0.493 e. The van der Waals surface area contributed by atoms with E-state index in [1.54, 1.807) is 48.5 Å². The molecule has 1 aromatic heterocycles. The maximum absolute atomic E-state index is 12.6. The van der Waals surface area contributed by atoms with E-state index in [1.165, 1.54) is 0 Å². The van der Waals surface area contributed by atoms with Crippen LogP contribution in [0, 0.1) is 0 Å². The Balaban J connectivity index is 1.55. The number of amides is 1. The Labute approximate surface area is 171 Å². The van der Waals surface area contributed by atoms with E-state index in [0.29, 0.717) is 21.7 Å². The van der Waals surface area contributed by atoms with E-state index < -0.39 is 5.91 Å². The average Bonchev–Trinajstić information content (AvgIpc) is 3.07. The quantitative estimate of drug-likeness (QED) is 0.397. The van der Waals surface area contributed by atoms with Gasteiger partial charge in [-0.1, -0.05) is 54.1 Å². The molecule has 0 saturated carbocycles. The van der Waals surface area contributed by atoms with Crippen LogP contribution in [-0.2, 0) is 6.61 Å². The number of aromatic amines is 1. The summed E-state index contributed by atoms with van der Waals surface area (Å²) in [5, 5.41) is 19.1. The van der Waals surface area contributed by atoms with Crippen molar-refractivity contribution in [2.75, 3.05) is 0 Å². The van der Waals surface area contributed by atoms with Gasteiger partial charge in [-0.2, -0.15) is 0 Å². The van der Waals surface area contributed by atoms with Crippen molar-refractivity contribution in [1.82, 2.24) is 4.98 Å². The highest BCUT2D eigenvalue weighted by Gasteiger charge is 2.14. The number of carbonyl (C=O) groups excluding carboxylic acids is 1. The molecule has 29 heavy (non-hydrogen) atoms. The van der Waals surface area contributed by atoms with Gasteiger partial charge in [0.25, 0.3) is 5.91 Å². The fraction of sp³-hybridized carbons (Fsp3) is 0.0455. The third kappa shape index (κ3) is 4.12. The van der Waals surface area contributed by atoms with Crippen molar-refractivity contribution in [3.8, 4) is 11.6 Å². The second-order valence-corrected chi connectivity index (χ2v) is 6.72. The maximum atomic E-state index is 12.6. The van der Waals surface area contributed by atoms with Gasteiger partial charge in [-0.15, -0.1) is 10.2 Å². The van der Waals surface area contributed by atoms with Gasteiger partial charge >= 0.3 is 0 Å². The number of aromatic hydroxyl groups is 1. The number of aromatic nitrogens is 1. The van der Waals surface area contributed by atoms with Gasteiger partial charge in [-0.05, 0) is 35.9 Å². The minimum absolute atomic E-state index is 0.143. The van der Waals surface area contributed by atoms with Gasteiger partial charge in [-0.3, -0.25) is 4.79 Å². The second kappa shape index (κ2) is 8.16. The molecule has 0 unspecified atom stereocenters. The molecule has 0 aliphatic carbocycles. The number of para-hydroxylation sites is 2. The lowest BCUT2D eigenvalue weighted by Crippen LogP contribution is -2.02. The molecule has 4 aromatic rings. The molecular weight excluding hydrogens is 390 g/mol. The van der Waals surface area contributed by atoms with Crippen LogP contribution in [0.15, 0.2) is 83.0 Å². The highest BCUT2D eigenvalue weighted by molar-refractivity contribution is 6.30. The highest BCUT2D eigenvalue weighted by Crippen LogP contribution is 2.35. The number of azo groups is 1. The minimum Gasteiger partial charge on any atom is -0.493 e. The van der Waals surface area contributed by atoms with Gasteiger partial charge in [0, 0.05) is 10.4 Å². The maximum Gasteiger partial charge on any atom is 0.299 e. The molecule has 0 spiro atoms. The number of nitrogens with one attached hydrogen (secondary N) is 1. The Morgan fingerprint density at radius 1 is 1.00 bits per heavy atom. The zero-order chi connectivity index (χ0) is 20.2. The molecule has 2 N–H and O–H groups in total. The molecule has 144 valence electrons. The molecule has 6 nitrogen and oxygen atoms in total. The summed E-state index contributed by atoms with van der Waals surface area (Å²) in [5.74, 6) is -0.314. The molecule has 1 heterocycles. The Kier molecular flexibility index (Phi) is 5.27. The molecule has 7 heteroatoms. The molecule has 0 fully saturated rings. The van der Waals surface area contributed by atoms with Crippen LogP contribution in [0.2, 0.25) is 5.02 Å². The lowest BCUT2D eigenvalue weighted by Gasteiger charge is -2.09. The zero-order valence-electron chi connectivity index (χ0n) is 15.2. The standard InChI is InChI=1S/C22H16ClN3O3/c23-15-11-9-14(10-12-15)13-29-19-8-4-2-6-17(19)21(27)26-25-20-16-5-1-3-7-18(16)24-22(20)28/h1-12,24,28H,13H2. The average molecular weight is 406 g/mol. The fourth-order valence-electron chi connectivity index (χ4n) is 2.87. The molecule has 0 saturated heterocycles. The van der Waals surface area contributed by atoms with Gasteiger partial charge in [-0.25, -0.2) is 0 Å². The molecule has 3 aromatic carbocycles. The Bertz CT molecular complexity index is 1200. The van der Waals surface area contributed by atoms with E-state index in [1.807, 2.05) is 24.3 Å². The van der Waals surface area contributed by atoms with Gasteiger partial charge in [0.1, 0.15) is 12.4 Å². The summed E-state index contributed by atoms with van der Waals surface area (Å²) < 4.78 is 5.79. The second-order valence-electron chi connectivity index (χ2n) is 6.28. The van der Waals surface area contributed by atoms with E-state index in [9.17, 15) is 9.90 Å². The zero-order valence-corrected chi connectivity index (χ0v) is 15.9. The monoisotopic (exact) mass is 405 g/mol. The summed E-state index contributed by atoms with van der Waals surface area (Å²) in [4.78, 5) is 15.4.